The predicted octanol–water partition coefficient (Wildman–Crippen LogP) is 2.19. The van der Waals surface area contributed by atoms with E-state index in [-0.39, 0.29) is 6.54 Å². The van der Waals surface area contributed by atoms with Crippen LogP contribution in [0.3, 0.4) is 0 Å². The van der Waals surface area contributed by atoms with Gasteiger partial charge in [-0.25, -0.2) is 4.79 Å². The second-order valence-electron chi connectivity index (χ2n) is 4.88. The Morgan fingerprint density at radius 1 is 1.35 bits per heavy atom. The Balaban J connectivity index is 2.87. The Kier molecular flexibility index (Phi) is 4.15. The van der Waals surface area contributed by atoms with Gasteiger partial charge >= 0.3 is 12.1 Å². The van der Waals surface area contributed by atoms with E-state index in [2.05, 4.69) is 0 Å². The third kappa shape index (κ3) is 3.22. The molecule has 0 aliphatic carbocycles. The zero-order chi connectivity index (χ0) is 13.1. The van der Waals surface area contributed by atoms with Gasteiger partial charge in [-0.05, 0) is 33.1 Å². The number of hydrogen-bond acceptors (Lipinski definition) is 2. The standard InChI is InChI=1S/C12H19NO4/c1-9(2)4-6-12(10(14)15)5-3-7-13(8-12)11(16)17/h4H,3,5-8H2,1-2H3,(H,14,15)(H,16,17). The fourth-order valence-electron chi connectivity index (χ4n) is 2.12. The Bertz CT molecular complexity index is 346. The molecule has 1 heterocycles. The minimum absolute atomic E-state index is 0.0848. The quantitative estimate of drug-likeness (QED) is 0.742. The van der Waals surface area contributed by atoms with Crippen LogP contribution in [0.25, 0.3) is 0 Å². The van der Waals surface area contributed by atoms with Crippen molar-refractivity contribution in [3.05, 3.63) is 11.6 Å². The summed E-state index contributed by atoms with van der Waals surface area (Å²) in [5.74, 6) is -0.902. The Hall–Kier alpha value is -1.52. The number of carbonyl (C=O) groups is 2. The maximum absolute atomic E-state index is 11.4. The van der Waals surface area contributed by atoms with Crippen molar-refractivity contribution in [1.29, 1.82) is 0 Å². The third-order valence-electron chi connectivity index (χ3n) is 3.20. The van der Waals surface area contributed by atoms with E-state index < -0.39 is 17.5 Å². The van der Waals surface area contributed by atoms with Gasteiger partial charge in [0.1, 0.15) is 0 Å². The van der Waals surface area contributed by atoms with Crippen molar-refractivity contribution >= 4 is 12.1 Å². The average molecular weight is 241 g/mol. The maximum Gasteiger partial charge on any atom is 0.407 e. The van der Waals surface area contributed by atoms with Gasteiger partial charge in [0, 0.05) is 13.1 Å². The molecule has 1 saturated heterocycles. The minimum atomic E-state index is -1.03. The van der Waals surface area contributed by atoms with Gasteiger partial charge in [-0.1, -0.05) is 11.6 Å². The molecule has 96 valence electrons. The third-order valence-corrected chi connectivity index (χ3v) is 3.20. The number of allylic oxidation sites excluding steroid dienone is 2. The molecule has 2 N–H and O–H groups in total. The van der Waals surface area contributed by atoms with Crippen LogP contribution in [0.2, 0.25) is 0 Å². The van der Waals surface area contributed by atoms with Crippen LogP contribution in [0.5, 0.6) is 0 Å². The lowest BCUT2D eigenvalue weighted by atomic mass is 9.77. The Morgan fingerprint density at radius 2 is 2.00 bits per heavy atom. The van der Waals surface area contributed by atoms with Crippen LogP contribution in [0.4, 0.5) is 4.79 Å². The van der Waals surface area contributed by atoms with Gasteiger partial charge < -0.3 is 15.1 Å². The molecule has 0 spiro atoms. The van der Waals surface area contributed by atoms with Gasteiger partial charge in [0.25, 0.3) is 0 Å². The predicted molar refractivity (Wildman–Crippen MR) is 62.9 cm³/mol. The fourth-order valence-corrected chi connectivity index (χ4v) is 2.12. The van der Waals surface area contributed by atoms with Crippen LogP contribution < -0.4 is 0 Å². The highest BCUT2D eigenvalue weighted by atomic mass is 16.4. The van der Waals surface area contributed by atoms with E-state index in [1.54, 1.807) is 0 Å². The van der Waals surface area contributed by atoms with E-state index in [0.717, 1.165) is 5.57 Å². The van der Waals surface area contributed by atoms with E-state index in [1.165, 1.54) is 4.90 Å². The fraction of sp³-hybridized carbons (Fsp3) is 0.667. The normalized spacial score (nSPS) is 24.2. The first-order valence-electron chi connectivity index (χ1n) is 5.72. The molecule has 0 radical (unpaired) electrons. The first-order valence-corrected chi connectivity index (χ1v) is 5.72. The molecule has 0 aromatic rings. The van der Waals surface area contributed by atoms with Crippen molar-refractivity contribution in [1.82, 2.24) is 4.90 Å². The molecule has 17 heavy (non-hydrogen) atoms. The molecule has 1 aliphatic rings. The molecule has 1 fully saturated rings. The zero-order valence-electron chi connectivity index (χ0n) is 10.3. The number of hydrogen-bond donors (Lipinski definition) is 2. The van der Waals surface area contributed by atoms with Crippen LogP contribution in [0.1, 0.15) is 33.1 Å². The number of nitrogens with zero attached hydrogens (tertiary/aromatic N) is 1. The number of likely N-dealkylation sites (tertiary alicyclic amines) is 1. The number of carboxylic acids is 1. The van der Waals surface area contributed by atoms with Crippen molar-refractivity contribution in [3.8, 4) is 0 Å². The molecular formula is C12H19NO4. The molecule has 1 amide bonds. The number of aliphatic carboxylic acids is 1. The number of amides is 1. The molecule has 0 aromatic heterocycles. The summed E-state index contributed by atoms with van der Waals surface area (Å²) >= 11 is 0. The van der Waals surface area contributed by atoms with Crippen LogP contribution in [-0.4, -0.2) is 40.3 Å². The van der Waals surface area contributed by atoms with Gasteiger partial charge in [0.2, 0.25) is 0 Å². The average Bonchev–Trinajstić information content (AvgIpc) is 2.26. The monoisotopic (exact) mass is 241 g/mol. The molecule has 5 nitrogen and oxygen atoms in total. The van der Waals surface area contributed by atoms with Crippen LogP contribution in [0, 0.1) is 5.41 Å². The van der Waals surface area contributed by atoms with Crippen LogP contribution in [-0.2, 0) is 4.79 Å². The summed E-state index contributed by atoms with van der Waals surface area (Å²) in [6, 6.07) is 0. The molecule has 1 atom stereocenters. The minimum Gasteiger partial charge on any atom is -0.481 e. The van der Waals surface area contributed by atoms with E-state index in [9.17, 15) is 14.7 Å². The maximum atomic E-state index is 11.4. The van der Waals surface area contributed by atoms with E-state index >= 15 is 0 Å². The van der Waals surface area contributed by atoms with Crippen LogP contribution >= 0.6 is 0 Å². The number of piperidine rings is 1. The first-order chi connectivity index (χ1) is 7.87. The highest BCUT2D eigenvalue weighted by Gasteiger charge is 2.42. The molecule has 0 bridgehead atoms. The lowest BCUT2D eigenvalue weighted by Gasteiger charge is -2.38. The van der Waals surface area contributed by atoms with E-state index in [1.807, 2.05) is 19.9 Å². The number of rotatable bonds is 3. The van der Waals surface area contributed by atoms with Crippen molar-refractivity contribution in [2.45, 2.75) is 33.1 Å². The van der Waals surface area contributed by atoms with Gasteiger partial charge in [-0.2, -0.15) is 0 Å². The lowest BCUT2D eigenvalue weighted by molar-refractivity contribution is -0.151. The van der Waals surface area contributed by atoms with Gasteiger partial charge in [0.15, 0.2) is 0 Å². The Morgan fingerprint density at radius 3 is 2.47 bits per heavy atom. The summed E-state index contributed by atoms with van der Waals surface area (Å²) in [5.41, 5.74) is 0.103. The van der Waals surface area contributed by atoms with Crippen molar-refractivity contribution in [2.75, 3.05) is 13.1 Å². The summed E-state index contributed by atoms with van der Waals surface area (Å²) < 4.78 is 0. The second kappa shape index (κ2) is 5.21. The van der Waals surface area contributed by atoms with E-state index in [4.69, 9.17) is 5.11 Å². The van der Waals surface area contributed by atoms with Crippen LogP contribution in [0.15, 0.2) is 11.6 Å². The zero-order valence-corrected chi connectivity index (χ0v) is 10.3. The Labute approximate surface area is 101 Å². The largest absolute Gasteiger partial charge is 0.481 e. The highest BCUT2D eigenvalue weighted by molar-refractivity contribution is 5.77. The van der Waals surface area contributed by atoms with Crippen molar-refractivity contribution in [2.24, 2.45) is 5.41 Å². The molecular weight excluding hydrogens is 222 g/mol. The van der Waals surface area contributed by atoms with Gasteiger partial charge in [-0.15, -0.1) is 0 Å². The van der Waals surface area contributed by atoms with Crippen molar-refractivity contribution in [3.63, 3.8) is 0 Å². The summed E-state index contributed by atoms with van der Waals surface area (Å²) in [4.78, 5) is 23.5. The molecule has 1 aliphatic heterocycles. The van der Waals surface area contributed by atoms with Crippen molar-refractivity contribution < 1.29 is 19.8 Å². The lowest BCUT2D eigenvalue weighted by Crippen LogP contribution is -2.49. The highest BCUT2D eigenvalue weighted by Crippen LogP contribution is 2.34. The topological polar surface area (TPSA) is 77.8 Å². The number of carboxylic acid groups (broad SMARTS) is 2. The molecule has 5 heteroatoms. The molecule has 1 rings (SSSR count). The van der Waals surface area contributed by atoms with E-state index in [0.29, 0.717) is 25.8 Å². The summed E-state index contributed by atoms with van der Waals surface area (Å²) in [5, 5.41) is 18.3. The van der Waals surface area contributed by atoms with Gasteiger partial charge in [0.05, 0.1) is 5.41 Å². The summed E-state index contributed by atoms with van der Waals surface area (Å²) in [7, 11) is 0. The smallest absolute Gasteiger partial charge is 0.407 e. The molecule has 0 aromatic carbocycles. The molecule has 1 unspecified atom stereocenters. The van der Waals surface area contributed by atoms with Gasteiger partial charge in [-0.3, -0.25) is 4.79 Å². The second-order valence-corrected chi connectivity index (χ2v) is 4.88. The molecule has 0 saturated carbocycles. The summed E-state index contributed by atoms with van der Waals surface area (Å²) in [6.07, 6.45) is 2.38. The summed E-state index contributed by atoms with van der Waals surface area (Å²) in [6.45, 7) is 4.33. The SMILES string of the molecule is CC(C)=CCC1(C(=O)O)CCCN(C(=O)O)C1. The first kappa shape index (κ1) is 13.5.